The number of benzene rings is 1. The van der Waals surface area contributed by atoms with Gasteiger partial charge in [-0.2, -0.15) is 0 Å². The van der Waals surface area contributed by atoms with Gasteiger partial charge in [-0.15, -0.1) is 0 Å². The minimum absolute atomic E-state index is 0.149. The first kappa shape index (κ1) is 21.2. The quantitative estimate of drug-likeness (QED) is 0.681. The molecule has 4 bridgehead atoms. The molecular weight excluding hydrogens is 392 g/mol. The topological polar surface area (TPSA) is 82.8 Å². The van der Waals surface area contributed by atoms with Crippen molar-refractivity contribution in [2.24, 2.45) is 23.5 Å². The highest BCUT2D eigenvalue weighted by Gasteiger charge is 2.47. The van der Waals surface area contributed by atoms with E-state index in [4.69, 9.17) is 20.2 Å². The van der Waals surface area contributed by atoms with Crippen LogP contribution in [0.25, 0.3) is 0 Å². The van der Waals surface area contributed by atoms with E-state index >= 15 is 0 Å². The maximum atomic E-state index is 11.7. The third kappa shape index (κ3) is 4.91. The number of rotatable bonds is 4. The summed E-state index contributed by atoms with van der Waals surface area (Å²) in [5.74, 6) is 3.48. The van der Waals surface area contributed by atoms with Gasteiger partial charge in [0, 0.05) is 13.1 Å². The molecule has 0 aromatic heterocycles. The van der Waals surface area contributed by atoms with Crippen LogP contribution in [0.15, 0.2) is 24.3 Å². The van der Waals surface area contributed by atoms with Crippen LogP contribution in [0.2, 0.25) is 0 Å². The molecule has 1 aromatic rings. The van der Waals surface area contributed by atoms with E-state index in [1.807, 2.05) is 12.1 Å². The molecule has 170 valence electrons. The Kier molecular flexibility index (Phi) is 6.22. The summed E-state index contributed by atoms with van der Waals surface area (Å²) in [6, 6.07) is 7.97. The van der Waals surface area contributed by atoms with Crippen LogP contribution in [0.5, 0.6) is 5.75 Å². The number of carbonyl (C=O) groups is 1. The smallest absolute Gasteiger partial charge is 0.410 e. The van der Waals surface area contributed by atoms with Crippen molar-refractivity contribution in [3.8, 4) is 5.75 Å². The molecule has 31 heavy (non-hydrogen) atoms. The maximum Gasteiger partial charge on any atom is 0.412 e. The molecule has 2 unspecified atom stereocenters. The number of ether oxygens (including phenoxy) is 1. The summed E-state index contributed by atoms with van der Waals surface area (Å²) in [6.45, 7) is 0.804. The summed E-state index contributed by atoms with van der Waals surface area (Å²) in [5.41, 5.74) is 6.55. The van der Waals surface area contributed by atoms with Crippen LogP contribution in [-0.4, -0.2) is 30.9 Å². The minimum Gasteiger partial charge on any atom is -0.410 e. The van der Waals surface area contributed by atoms with E-state index in [1.54, 1.807) is 0 Å². The highest BCUT2D eigenvalue weighted by atomic mass is 17.2. The van der Waals surface area contributed by atoms with Crippen molar-refractivity contribution in [1.82, 2.24) is 5.32 Å². The average molecular weight is 429 g/mol. The monoisotopic (exact) mass is 428 g/mol. The van der Waals surface area contributed by atoms with Gasteiger partial charge in [-0.1, -0.05) is 12.1 Å². The Morgan fingerprint density at radius 2 is 1.81 bits per heavy atom. The van der Waals surface area contributed by atoms with Crippen LogP contribution in [0, 0.1) is 17.8 Å². The lowest BCUT2D eigenvalue weighted by molar-refractivity contribution is -0.394. The fourth-order valence-electron chi connectivity index (χ4n) is 6.90. The van der Waals surface area contributed by atoms with Gasteiger partial charge in [0.05, 0.1) is 6.10 Å². The van der Waals surface area contributed by atoms with E-state index < -0.39 is 6.09 Å². The van der Waals surface area contributed by atoms with Crippen molar-refractivity contribution in [3.05, 3.63) is 29.8 Å². The van der Waals surface area contributed by atoms with Gasteiger partial charge >= 0.3 is 6.09 Å². The zero-order chi connectivity index (χ0) is 21.3. The second kappa shape index (κ2) is 9.08. The summed E-state index contributed by atoms with van der Waals surface area (Å²) in [6.07, 6.45) is 11.9. The lowest BCUT2D eigenvalue weighted by Gasteiger charge is -2.43. The predicted molar refractivity (Wildman–Crippen MR) is 118 cm³/mol. The lowest BCUT2D eigenvalue weighted by Crippen LogP contribution is -2.40. The van der Waals surface area contributed by atoms with E-state index in [0.717, 1.165) is 43.4 Å². The summed E-state index contributed by atoms with van der Waals surface area (Å²) in [7, 11) is 0. The first-order valence-corrected chi connectivity index (χ1v) is 12.2. The molecule has 1 spiro atoms. The van der Waals surface area contributed by atoms with Gasteiger partial charge < -0.3 is 15.8 Å². The van der Waals surface area contributed by atoms with Crippen molar-refractivity contribution in [1.29, 1.82) is 0 Å². The van der Waals surface area contributed by atoms with Crippen LogP contribution in [0.3, 0.4) is 0 Å². The van der Waals surface area contributed by atoms with Crippen molar-refractivity contribution >= 4 is 6.09 Å². The Labute approximate surface area is 185 Å². The van der Waals surface area contributed by atoms with E-state index in [2.05, 4.69) is 17.4 Å². The molecule has 6 nitrogen and oxygen atoms in total. The third-order valence-electron chi connectivity index (χ3n) is 7.99. The van der Waals surface area contributed by atoms with Crippen molar-refractivity contribution < 1.29 is 19.3 Å². The zero-order valence-electron chi connectivity index (χ0n) is 18.4. The lowest BCUT2D eigenvalue weighted by atomic mass is 9.63. The van der Waals surface area contributed by atoms with Crippen LogP contribution in [-0.2, 0) is 9.78 Å². The number of nitrogens with two attached hydrogens (primary N) is 1. The van der Waals surface area contributed by atoms with Gasteiger partial charge in [0.25, 0.3) is 0 Å². The number of hydrogen-bond acceptors (Lipinski definition) is 5. The molecule has 2 heterocycles. The molecule has 6 heteroatoms. The Morgan fingerprint density at radius 3 is 2.55 bits per heavy atom. The molecule has 4 atom stereocenters. The molecule has 5 aliphatic rings. The number of hydrogen-bond donors (Lipinski definition) is 2. The van der Waals surface area contributed by atoms with Gasteiger partial charge in [-0.25, -0.2) is 14.6 Å². The van der Waals surface area contributed by atoms with E-state index in [-0.39, 0.29) is 5.60 Å². The molecule has 3 aliphatic carbocycles. The molecule has 0 radical (unpaired) electrons. The van der Waals surface area contributed by atoms with E-state index in [0.29, 0.717) is 30.9 Å². The van der Waals surface area contributed by atoms with Crippen LogP contribution < -0.4 is 15.8 Å². The standard InChI is InChI=1S/C25H36N2O4/c26-8-9-27-24(28)29-22-5-3-20(4-6-22)21-2-1-7-25(16-21)15-19-11-17-10-18(12-19)14-23(13-17)30-31-25/h3-6,17-19,21,23H,1-2,7-16,26H2,(H,27,28)/t17?,18?,19?,21-,23?,25+/m1/s1. The summed E-state index contributed by atoms with van der Waals surface area (Å²) in [4.78, 5) is 24.2. The van der Waals surface area contributed by atoms with Crippen molar-refractivity contribution in [2.75, 3.05) is 13.1 Å². The van der Waals surface area contributed by atoms with Crippen LogP contribution >= 0.6 is 0 Å². The predicted octanol–water partition coefficient (Wildman–Crippen LogP) is 4.68. The van der Waals surface area contributed by atoms with Crippen molar-refractivity contribution in [2.45, 2.75) is 81.8 Å². The highest BCUT2D eigenvalue weighted by Crippen LogP contribution is 2.52. The summed E-state index contributed by atoms with van der Waals surface area (Å²) in [5, 5.41) is 2.62. The first-order chi connectivity index (χ1) is 15.1. The second-order valence-corrected chi connectivity index (χ2v) is 10.4. The first-order valence-electron chi connectivity index (χ1n) is 12.2. The van der Waals surface area contributed by atoms with Gasteiger partial charge in [0.2, 0.25) is 0 Å². The van der Waals surface area contributed by atoms with Crippen molar-refractivity contribution in [3.63, 3.8) is 0 Å². The highest BCUT2D eigenvalue weighted by molar-refractivity contribution is 5.70. The largest absolute Gasteiger partial charge is 0.412 e. The zero-order valence-corrected chi connectivity index (χ0v) is 18.4. The Hall–Kier alpha value is -1.63. The Bertz CT molecular complexity index is 755. The Morgan fingerprint density at radius 1 is 1.06 bits per heavy atom. The molecule has 5 fully saturated rings. The fourth-order valence-corrected chi connectivity index (χ4v) is 6.90. The molecule has 3 N–H and O–H groups in total. The summed E-state index contributed by atoms with van der Waals surface area (Å²) >= 11 is 0. The summed E-state index contributed by atoms with van der Waals surface area (Å²) < 4.78 is 5.32. The number of fused-ring (bicyclic) bond motifs is 1. The molecular formula is C25H36N2O4. The third-order valence-corrected chi connectivity index (χ3v) is 7.99. The molecule has 6 rings (SSSR count). The second-order valence-electron chi connectivity index (χ2n) is 10.4. The SMILES string of the molecule is NCCNC(=O)Oc1ccc([C@@H]2CCC[C@]3(CC4CC5CC(C4)CC(C5)OO3)C2)cc1. The number of carbonyl (C=O) groups excluding carboxylic acids is 1. The maximum absolute atomic E-state index is 11.7. The minimum atomic E-state index is -0.463. The number of nitrogens with one attached hydrogen (secondary N) is 1. The van der Waals surface area contributed by atoms with Gasteiger partial charge in [0.1, 0.15) is 11.4 Å². The van der Waals surface area contributed by atoms with Gasteiger partial charge in [-0.3, -0.25) is 0 Å². The van der Waals surface area contributed by atoms with Gasteiger partial charge in [-0.05, 0) is 106 Å². The number of amides is 1. The van der Waals surface area contributed by atoms with Crippen LogP contribution in [0.4, 0.5) is 4.79 Å². The normalized spacial score (nSPS) is 37.1. The fraction of sp³-hybridized carbons (Fsp3) is 0.720. The Balaban J connectivity index is 1.26. The molecule has 1 amide bonds. The molecule has 1 aromatic carbocycles. The van der Waals surface area contributed by atoms with Gasteiger partial charge in [0.15, 0.2) is 0 Å². The van der Waals surface area contributed by atoms with E-state index in [9.17, 15) is 4.79 Å². The molecule has 3 saturated carbocycles. The molecule has 2 aliphatic heterocycles. The van der Waals surface area contributed by atoms with Crippen LogP contribution in [0.1, 0.15) is 75.7 Å². The van der Waals surface area contributed by atoms with E-state index in [1.165, 1.54) is 44.1 Å². The molecule has 2 saturated heterocycles. The average Bonchev–Trinajstić information content (AvgIpc) is 2.83.